The normalized spacial score (nSPS) is 16.7. The number of carbonyl (C=O) groups excluding carboxylic acids is 2. The number of fused-ring (bicyclic) bond motifs is 3. The molecule has 1 saturated heterocycles. The van der Waals surface area contributed by atoms with E-state index in [1.165, 1.54) is 18.3 Å². The third kappa shape index (κ3) is 5.05. The van der Waals surface area contributed by atoms with Crippen LogP contribution in [0.2, 0.25) is 5.02 Å². The van der Waals surface area contributed by atoms with Gasteiger partial charge in [-0.25, -0.2) is 14.1 Å². The summed E-state index contributed by atoms with van der Waals surface area (Å²) < 4.78 is 15.3. The number of nitrogens with two attached hydrogens (primary N) is 1. The van der Waals surface area contributed by atoms with Crippen LogP contribution in [0.5, 0.6) is 0 Å². The van der Waals surface area contributed by atoms with Crippen LogP contribution >= 0.6 is 11.6 Å². The van der Waals surface area contributed by atoms with Gasteiger partial charge in [0.05, 0.1) is 22.0 Å². The molecule has 2 amide bonds. The average Bonchev–Trinajstić information content (AvgIpc) is 3.36. The number of anilines is 2. The van der Waals surface area contributed by atoms with Gasteiger partial charge in [0, 0.05) is 48.7 Å². The lowest BCUT2D eigenvalue weighted by atomic mass is 9.88. The molecule has 6 rings (SSSR count). The number of nitrogens with zero attached hydrogens (tertiary/aromatic N) is 5. The van der Waals surface area contributed by atoms with Gasteiger partial charge in [-0.15, -0.1) is 0 Å². The number of rotatable bonds is 5. The lowest BCUT2D eigenvalue weighted by Crippen LogP contribution is -2.50. The van der Waals surface area contributed by atoms with Crippen LogP contribution in [-0.4, -0.2) is 64.2 Å². The molecule has 3 N–H and O–H groups in total. The summed E-state index contributed by atoms with van der Waals surface area (Å²) in [7, 11) is 2.10. The average molecular weight is 574 g/mol. The molecular weight excluding hydrogens is 545 g/mol. The summed E-state index contributed by atoms with van der Waals surface area (Å²) in [6.45, 7) is 4.66. The number of hydrogen-bond acceptors (Lipinski definition) is 6. The largest absolute Gasteiger partial charge is 0.364 e. The Bertz CT molecular complexity index is 1670. The van der Waals surface area contributed by atoms with E-state index in [0.29, 0.717) is 47.3 Å². The first-order valence-electron chi connectivity index (χ1n) is 13.4. The molecule has 0 spiro atoms. The van der Waals surface area contributed by atoms with Crippen LogP contribution in [-0.2, 0) is 12.8 Å². The van der Waals surface area contributed by atoms with E-state index in [9.17, 15) is 14.0 Å². The molecule has 0 unspecified atom stereocenters. The zero-order valence-electron chi connectivity index (χ0n) is 22.7. The molecule has 1 aliphatic carbocycles. The van der Waals surface area contributed by atoms with Gasteiger partial charge in [0.25, 0.3) is 11.8 Å². The van der Waals surface area contributed by atoms with Crippen molar-refractivity contribution >= 4 is 34.9 Å². The monoisotopic (exact) mass is 573 g/mol. The van der Waals surface area contributed by atoms with E-state index in [2.05, 4.69) is 39.2 Å². The summed E-state index contributed by atoms with van der Waals surface area (Å²) in [5, 5.41) is 7.74. The van der Waals surface area contributed by atoms with Gasteiger partial charge < -0.3 is 20.9 Å². The van der Waals surface area contributed by atoms with Crippen molar-refractivity contribution in [3.63, 3.8) is 0 Å². The van der Waals surface area contributed by atoms with Crippen LogP contribution in [0.15, 0.2) is 54.7 Å². The highest BCUT2D eigenvalue weighted by atomic mass is 35.5. The Labute approximate surface area is 241 Å². The van der Waals surface area contributed by atoms with E-state index in [4.69, 9.17) is 17.3 Å². The van der Waals surface area contributed by atoms with Crippen LogP contribution in [0.25, 0.3) is 16.9 Å². The number of hydrogen-bond donors (Lipinski definition) is 2. The van der Waals surface area contributed by atoms with Crippen molar-refractivity contribution < 1.29 is 14.0 Å². The maximum Gasteiger partial charge on any atom is 0.269 e. The Balaban J connectivity index is 1.34. The predicted molar refractivity (Wildman–Crippen MR) is 156 cm³/mol. The summed E-state index contributed by atoms with van der Waals surface area (Å²) >= 11 is 6.43. The van der Waals surface area contributed by atoms with Gasteiger partial charge in [-0.05, 0) is 74.8 Å². The number of halogens is 2. The zero-order valence-corrected chi connectivity index (χ0v) is 23.5. The SMILES string of the molecule is C[C@H]1CN(c2cc(C(=O)Nc3ccc4c(c3)-c3c(c(C(N)=O)nn3-c3ccc(F)cc3)CC4)c(Cl)cn2)CCN1C. The Morgan fingerprint density at radius 1 is 1.10 bits per heavy atom. The fourth-order valence-corrected chi connectivity index (χ4v) is 5.70. The fourth-order valence-electron chi connectivity index (χ4n) is 5.51. The van der Waals surface area contributed by atoms with Gasteiger partial charge in [-0.3, -0.25) is 9.59 Å². The number of benzene rings is 2. The van der Waals surface area contributed by atoms with E-state index in [0.717, 1.165) is 36.3 Å². The number of piperazine rings is 1. The highest BCUT2D eigenvalue weighted by Crippen LogP contribution is 2.38. The van der Waals surface area contributed by atoms with E-state index in [-0.39, 0.29) is 22.4 Å². The number of nitrogens with one attached hydrogen (secondary N) is 1. The smallest absolute Gasteiger partial charge is 0.269 e. The topological polar surface area (TPSA) is 109 Å². The second-order valence-electron chi connectivity index (χ2n) is 10.6. The fraction of sp³-hybridized carbons (Fsp3) is 0.267. The molecule has 9 nitrogen and oxygen atoms in total. The molecule has 3 heterocycles. The number of amides is 2. The molecular formula is C30H29ClFN7O2. The first kappa shape index (κ1) is 26.9. The third-order valence-electron chi connectivity index (χ3n) is 7.92. The number of aromatic nitrogens is 3. The van der Waals surface area contributed by atoms with Crippen molar-refractivity contribution in [2.24, 2.45) is 5.73 Å². The number of pyridine rings is 1. The second kappa shape index (κ2) is 10.6. The van der Waals surface area contributed by atoms with Crippen molar-refractivity contribution in [3.8, 4) is 16.9 Å². The molecule has 1 aliphatic heterocycles. The van der Waals surface area contributed by atoms with Crippen molar-refractivity contribution in [2.75, 3.05) is 36.9 Å². The summed E-state index contributed by atoms with van der Waals surface area (Å²) in [6, 6.07) is 13.6. The van der Waals surface area contributed by atoms with Crippen LogP contribution < -0.4 is 16.0 Å². The Morgan fingerprint density at radius 2 is 1.88 bits per heavy atom. The Hall–Kier alpha value is -4.28. The molecule has 0 bridgehead atoms. The molecule has 2 aromatic heterocycles. The molecule has 2 aromatic carbocycles. The molecule has 0 saturated carbocycles. The standard InChI is InChI=1S/C30H29ClFN7O2/c1-17-16-38(12-11-37(17)2)26-14-24(25(31)15-34-26)30(41)35-20-7-3-18-4-10-22-27(29(33)40)36-39(28(22)23(18)13-20)21-8-5-19(32)6-9-21/h3,5-9,13-15,17H,4,10-12,16H2,1-2H3,(H2,33,40)(H,35,41)/t17-/m0/s1. The number of carbonyl (C=O) groups is 2. The van der Waals surface area contributed by atoms with Gasteiger partial charge in [0.15, 0.2) is 5.69 Å². The van der Waals surface area contributed by atoms with Crippen LogP contribution in [0.1, 0.15) is 38.9 Å². The number of likely N-dealkylation sites (N-methyl/N-ethyl adjacent to an activating group) is 1. The molecule has 1 fully saturated rings. The minimum Gasteiger partial charge on any atom is -0.364 e. The molecule has 2 aliphatic rings. The summed E-state index contributed by atoms with van der Waals surface area (Å²) in [5.74, 6) is -0.665. The van der Waals surface area contributed by atoms with Crippen LogP contribution in [0.4, 0.5) is 15.9 Å². The molecule has 4 aromatic rings. The molecule has 1 atom stereocenters. The lowest BCUT2D eigenvalue weighted by molar-refractivity contribution is 0.0992. The summed E-state index contributed by atoms with van der Waals surface area (Å²) in [4.78, 5) is 34.6. The van der Waals surface area contributed by atoms with Crippen LogP contribution in [0.3, 0.4) is 0 Å². The van der Waals surface area contributed by atoms with Crippen LogP contribution in [0, 0.1) is 5.82 Å². The van der Waals surface area contributed by atoms with Crippen molar-refractivity contribution in [2.45, 2.75) is 25.8 Å². The number of aryl methyl sites for hydroxylation is 1. The maximum atomic E-state index is 13.7. The summed E-state index contributed by atoms with van der Waals surface area (Å²) in [5.41, 5.74) is 10.6. The maximum absolute atomic E-state index is 13.7. The van der Waals surface area contributed by atoms with Gasteiger partial charge in [-0.1, -0.05) is 17.7 Å². The molecule has 210 valence electrons. The highest BCUT2D eigenvalue weighted by Gasteiger charge is 2.29. The van der Waals surface area contributed by atoms with E-state index < -0.39 is 5.91 Å². The van der Waals surface area contributed by atoms with Gasteiger partial charge >= 0.3 is 0 Å². The molecule has 11 heteroatoms. The predicted octanol–water partition coefficient (Wildman–Crippen LogP) is 4.32. The van der Waals surface area contributed by atoms with Crippen molar-refractivity contribution in [1.82, 2.24) is 19.7 Å². The third-order valence-corrected chi connectivity index (χ3v) is 8.23. The minimum atomic E-state index is -0.632. The van der Waals surface area contributed by atoms with Gasteiger partial charge in [0.1, 0.15) is 11.6 Å². The quantitative estimate of drug-likeness (QED) is 0.368. The Kier molecular flexibility index (Phi) is 6.96. The minimum absolute atomic E-state index is 0.179. The number of primary amides is 1. The first-order chi connectivity index (χ1) is 19.7. The highest BCUT2D eigenvalue weighted by molar-refractivity contribution is 6.34. The second-order valence-corrected chi connectivity index (χ2v) is 11.0. The van der Waals surface area contributed by atoms with E-state index in [1.54, 1.807) is 22.9 Å². The first-order valence-corrected chi connectivity index (χ1v) is 13.8. The zero-order chi connectivity index (χ0) is 28.8. The lowest BCUT2D eigenvalue weighted by Gasteiger charge is -2.38. The van der Waals surface area contributed by atoms with E-state index in [1.807, 2.05) is 18.2 Å². The van der Waals surface area contributed by atoms with Gasteiger partial charge in [-0.2, -0.15) is 5.10 Å². The van der Waals surface area contributed by atoms with Gasteiger partial charge in [0.2, 0.25) is 0 Å². The summed E-state index contributed by atoms with van der Waals surface area (Å²) in [6.07, 6.45) is 2.77. The van der Waals surface area contributed by atoms with Crippen molar-refractivity contribution in [3.05, 3.63) is 88.0 Å². The molecule has 41 heavy (non-hydrogen) atoms. The molecule has 0 radical (unpaired) electrons. The van der Waals surface area contributed by atoms with Crippen molar-refractivity contribution in [1.29, 1.82) is 0 Å². The Morgan fingerprint density at radius 3 is 2.61 bits per heavy atom. The van der Waals surface area contributed by atoms with E-state index >= 15 is 0 Å².